The molecule has 0 atom stereocenters. The maximum atomic E-state index is 12.7. The van der Waals surface area contributed by atoms with E-state index in [0.717, 1.165) is 10.7 Å². The fourth-order valence-electron chi connectivity index (χ4n) is 2.17. The molecule has 134 valence electrons. The van der Waals surface area contributed by atoms with Gasteiger partial charge in [0.05, 0.1) is 6.54 Å². The van der Waals surface area contributed by atoms with E-state index in [1.165, 1.54) is 7.05 Å². The first-order chi connectivity index (χ1) is 11.8. The van der Waals surface area contributed by atoms with Gasteiger partial charge in [0.1, 0.15) is 11.4 Å². The van der Waals surface area contributed by atoms with Crippen LogP contribution in [0.15, 0.2) is 30.3 Å². The van der Waals surface area contributed by atoms with Gasteiger partial charge >= 0.3 is 0 Å². The minimum Gasteiger partial charge on any atom is -0.325 e. The number of likely N-dealkylation sites (N-methyl/N-ethyl adjacent to an activating group) is 1. The van der Waals surface area contributed by atoms with Crippen molar-refractivity contribution < 1.29 is 18.4 Å². The fourth-order valence-corrected chi connectivity index (χ4v) is 2.17. The predicted octanol–water partition coefficient (Wildman–Crippen LogP) is 2.11. The first-order valence-corrected chi connectivity index (χ1v) is 7.44. The third-order valence-electron chi connectivity index (χ3n) is 3.22. The third-order valence-corrected chi connectivity index (χ3v) is 3.22. The van der Waals surface area contributed by atoms with Gasteiger partial charge in [-0.25, -0.2) is 8.78 Å². The highest BCUT2D eigenvalue weighted by Crippen LogP contribution is 2.20. The molecular formula is C16H19F2N5O2. The molecule has 0 aliphatic rings. The average Bonchev–Trinajstić information content (AvgIpc) is 2.89. The minimum atomic E-state index is -2.75. The number of anilines is 2. The topological polar surface area (TPSA) is 79.3 Å². The normalized spacial score (nSPS) is 11.0. The van der Waals surface area contributed by atoms with Crippen LogP contribution in [0.25, 0.3) is 0 Å². The van der Waals surface area contributed by atoms with E-state index in [2.05, 4.69) is 15.7 Å². The van der Waals surface area contributed by atoms with Gasteiger partial charge in [-0.15, -0.1) is 0 Å². The Morgan fingerprint density at radius 1 is 1.20 bits per heavy atom. The van der Waals surface area contributed by atoms with Crippen molar-refractivity contribution in [3.63, 3.8) is 0 Å². The molecule has 9 heteroatoms. The number of rotatable bonds is 6. The number of aromatic nitrogens is 2. The Balaban J connectivity index is 2.09. The highest BCUT2D eigenvalue weighted by atomic mass is 19.3. The van der Waals surface area contributed by atoms with Crippen LogP contribution >= 0.6 is 0 Å². The lowest BCUT2D eigenvalue weighted by Crippen LogP contribution is -2.27. The van der Waals surface area contributed by atoms with E-state index in [-0.39, 0.29) is 18.1 Å². The van der Waals surface area contributed by atoms with E-state index in [1.54, 1.807) is 43.3 Å². The van der Waals surface area contributed by atoms with Gasteiger partial charge in [0, 0.05) is 18.4 Å². The molecule has 2 rings (SSSR count). The molecule has 0 aliphatic carbocycles. The molecule has 0 aliphatic heterocycles. The van der Waals surface area contributed by atoms with Crippen molar-refractivity contribution in [3.05, 3.63) is 41.7 Å². The lowest BCUT2D eigenvalue weighted by atomic mass is 10.2. The van der Waals surface area contributed by atoms with Crippen molar-refractivity contribution in [2.75, 3.05) is 31.3 Å². The minimum absolute atomic E-state index is 0.0114. The standard InChI is InChI=1S/C16H19F2N5O2/c1-22(2)9-14(24)19-10-5-4-6-11(7-10)20-16(25)13-8-12(15(17)18)21-23(13)3/h4-8,15H,9H2,1-3H3,(H,19,24)(H,20,25). The summed E-state index contributed by atoms with van der Waals surface area (Å²) < 4.78 is 26.4. The lowest BCUT2D eigenvalue weighted by Gasteiger charge is -2.11. The SMILES string of the molecule is CN(C)CC(=O)Nc1cccc(NC(=O)c2cc(C(F)F)nn2C)c1. The smallest absolute Gasteiger partial charge is 0.282 e. The monoisotopic (exact) mass is 351 g/mol. The van der Waals surface area contributed by atoms with Crippen LogP contribution in [0.2, 0.25) is 0 Å². The molecule has 0 unspecified atom stereocenters. The summed E-state index contributed by atoms with van der Waals surface area (Å²) in [5.74, 6) is -0.764. The van der Waals surface area contributed by atoms with E-state index in [0.29, 0.717) is 11.4 Å². The molecule has 1 aromatic heterocycles. The number of carbonyl (C=O) groups excluding carboxylic acids is 2. The lowest BCUT2D eigenvalue weighted by molar-refractivity contribution is -0.116. The van der Waals surface area contributed by atoms with Crippen LogP contribution in [0.4, 0.5) is 20.2 Å². The Morgan fingerprint density at radius 3 is 2.40 bits per heavy atom. The first-order valence-electron chi connectivity index (χ1n) is 7.44. The zero-order chi connectivity index (χ0) is 18.6. The summed E-state index contributed by atoms with van der Waals surface area (Å²) in [5.41, 5.74) is 0.491. The molecule has 0 radical (unpaired) electrons. The summed E-state index contributed by atoms with van der Waals surface area (Å²) in [6.45, 7) is 0.224. The number of nitrogens with zero attached hydrogens (tertiary/aromatic N) is 3. The van der Waals surface area contributed by atoms with Crippen LogP contribution in [0.3, 0.4) is 0 Å². The molecule has 0 saturated carbocycles. The first kappa shape index (κ1) is 18.5. The Labute approximate surface area is 143 Å². The molecule has 7 nitrogen and oxygen atoms in total. The number of alkyl halides is 2. The van der Waals surface area contributed by atoms with Crippen molar-refractivity contribution in [1.82, 2.24) is 14.7 Å². The molecule has 2 amide bonds. The van der Waals surface area contributed by atoms with Crippen LogP contribution in [0, 0.1) is 0 Å². The second-order valence-corrected chi connectivity index (χ2v) is 5.70. The molecule has 0 fully saturated rings. The molecule has 2 N–H and O–H groups in total. The van der Waals surface area contributed by atoms with Crippen LogP contribution < -0.4 is 10.6 Å². The molecule has 2 aromatic rings. The Hall–Kier alpha value is -2.81. The maximum absolute atomic E-state index is 12.7. The number of benzene rings is 1. The number of nitrogens with one attached hydrogen (secondary N) is 2. The van der Waals surface area contributed by atoms with Gasteiger partial charge in [-0.2, -0.15) is 5.10 Å². The van der Waals surface area contributed by atoms with Crippen molar-refractivity contribution in [1.29, 1.82) is 0 Å². The number of hydrogen-bond donors (Lipinski definition) is 2. The summed E-state index contributed by atoms with van der Waals surface area (Å²) in [4.78, 5) is 25.7. The molecule has 0 bridgehead atoms. The average molecular weight is 351 g/mol. The maximum Gasteiger partial charge on any atom is 0.282 e. The van der Waals surface area contributed by atoms with Gasteiger partial charge in [0.25, 0.3) is 12.3 Å². The summed E-state index contributed by atoms with van der Waals surface area (Å²) in [5, 5.41) is 8.91. The number of amides is 2. The van der Waals surface area contributed by atoms with E-state index < -0.39 is 18.0 Å². The van der Waals surface area contributed by atoms with Crippen LogP contribution in [0.1, 0.15) is 22.6 Å². The second kappa shape index (κ2) is 7.84. The van der Waals surface area contributed by atoms with Crippen LogP contribution in [-0.4, -0.2) is 47.1 Å². The van der Waals surface area contributed by atoms with Gasteiger partial charge in [-0.1, -0.05) is 6.07 Å². The molecule has 25 heavy (non-hydrogen) atoms. The van der Waals surface area contributed by atoms with Crippen molar-refractivity contribution in [2.45, 2.75) is 6.43 Å². The summed E-state index contributed by atoms with van der Waals surface area (Å²) >= 11 is 0. The van der Waals surface area contributed by atoms with Crippen molar-refractivity contribution in [2.24, 2.45) is 7.05 Å². The second-order valence-electron chi connectivity index (χ2n) is 5.70. The van der Waals surface area contributed by atoms with E-state index >= 15 is 0 Å². The van der Waals surface area contributed by atoms with Crippen molar-refractivity contribution in [3.8, 4) is 0 Å². The van der Waals surface area contributed by atoms with Gasteiger partial charge < -0.3 is 15.5 Å². The van der Waals surface area contributed by atoms with Gasteiger partial charge in [-0.05, 0) is 38.4 Å². The summed E-state index contributed by atoms with van der Waals surface area (Å²) in [6.07, 6.45) is -2.75. The molecular weight excluding hydrogens is 332 g/mol. The van der Waals surface area contributed by atoms with Gasteiger partial charge in [0.2, 0.25) is 5.91 Å². The Kier molecular flexibility index (Phi) is 5.81. The third kappa shape index (κ3) is 5.08. The number of hydrogen-bond acceptors (Lipinski definition) is 4. The van der Waals surface area contributed by atoms with Crippen LogP contribution in [0.5, 0.6) is 0 Å². The Morgan fingerprint density at radius 2 is 1.84 bits per heavy atom. The molecule has 0 saturated heterocycles. The molecule has 1 aromatic carbocycles. The predicted molar refractivity (Wildman–Crippen MR) is 89.7 cm³/mol. The Bertz CT molecular complexity index is 774. The van der Waals surface area contributed by atoms with Gasteiger partial charge in [0.15, 0.2) is 0 Å². The summed E-state index contributed by atoms with van der Waals surface area (Å²) in [6, 6.07) is 7.60. The zero-order valence-electron chi connectivity index (χ0n) is 14.1. The van der Waals surface area contributed by atoms with Crippen molar-refractivity contribution >= 4 is 23.2 Å². The number of aryl methyl sites for hydroxylation is 1. The highest BCUT2D eigenvalue weighted by Gasteiger charge is 2.18. The largest absolute Gasteiger partial charge is 0.325 e. The van der Waals surface area contributed by atoms with E-state index in [4.69, 9.17) is 0 Å². The van der Waals surface area contributed by atoms with Crippen LogP contribution in [-0.2, 0) is 11.8 Å². The fraction of sp³-hybridized carbons (Fsp3) is 0.312. The molecule has 1 heterocycles. The number of carbonyl (C=O) groups is 2. The highest BCUT2D eigenvalue weighted by molar-refractivity contribution is 6.03. The summed E-state index contributed by atoms with van der Waals surface area (Å²) in [7, 11) is 4.97. The van der Waals surface area contributed by atoms with Gasteiger partial charge in [-0.3, -0.25) is 14.3 Å². The molecule has 0 spiro atoms. The van der Waals surface area contributed by atoms with E-state index in [9.17, 15) is 18.4 Å². The zero-order valence-corrected chi connectivity index (χ0v) is 14.1. The van der Waals surface area contributed by atoms with E-state index in [1.807, 2.05) is 0 Å². The quantitative estimate of drug-likeness (QED) is 0.835. The number of halogens is 2.